The first-order valence-electron chi connectivity index (χ1n) is 8.37. The fourth-order valence-electron chi connectivity index (χ4n) is 2.49. The van der Waals surface area contributed by atoms with E-state index in [1.54, 1.807) is 7.11 Å². The molecular weight excluding hydrogens is 328 g/mol. The molecule has 24 heavy (non-hydrogen) atoms. The second-order valence-corrected chi connectivity index (χ2v) is 7.35. The van der Waals surface area contributed by atoms with Crippen LogP contribution in [0.1, 0.15) is 25.5 Å². The van der Waals surface area contributed by atoms with Crippen LogP contribution in [0.4, 0.5) is 0 Å². The van der Waals surface area contributed by atoms with Crippen LogP contribution in [0.3, 0.4) is 0 Å². The average Bonchev–Trinajstić information content (AvgIpc) is 2.59. The predicted molar refractivity (Wildman–Crippen MR) is 96.6 cm³/mol. The Morgan fingerprint density at radius 2 is 1.75 bits per heavy atom. The fraction of sp³-hybridized carbons (Fsp3) is 0.647. The molecule has 1 rings (SSSR count). The molecule has 0 heterocycles. The summed E-state index contributed by atoms with van der Waals surface area (Å²) in [7, 11) is -1.78. The number of hydrogen-bond donors (Lipinski definition) is 1. The summed E-state index contributed by atoms with van der Waals surface area (Å²) < 4.78 is 37.1. The number of hydrogen-bond acceptors (Lipinski definition) is 5. The van der Waals surface area contributed by atoms with Crippen LogP contribution in [-0.2, 0) is 19.5 Å². The maximum atomic E-state index is 12.2. The number of likely N-dealkylation sites (N-methyl/N-ethyl adjacent to an activating group) is 1. The third kappa shape index (κ3) is 7.72. The summed E-state index contributed by atoms with van der Waals surface area (Å²) in [5.41, 5.74) is 1.11. The molecule has 0 aromatic heterocycles. The first-order chi connectivity index (χ1) is 11.5. The van der Waals surface area contributed by atoms with Crippen LogP contribution >= 0.6 is 0 Å². The summed E-state index contributed by atoms with van der Waals surface area (Å²) >= 11 is 0. The van der Waals surface area contributed by atoms with Gasteiger partial charge in [-0.05, 0) is 18.7 Å². The van der Waals surface area contributed by atoms with Crippen LogP contribution in [-0.4, -0.2) is 65.6 Å². The van der Waals surface area contributed by atoms with Gasteiger partial charge < -0.3 is 9.47 Å². The molecule has 0 amide bonds. The molecule has 0 fully saturated rings. The van der Waals surface area contributed by atoms with Crippen molar-refractivity contribution >= 4 is 10.0 Å². The normalized spacial score (nSPS) is 13.3. The first kappa shape index (κ1) is 21.1. The molecule has 1 aromatic carbocycles. The van der Waals surface area contributed by atoms with Gasteiger partial charge in [0.05, 0.1) is 25.6 Å². The Hall–Kier alpha value is -0.990. The molecular formula is C17H30N2O4S. The zero-order chi connectivity index (χ0) is 17.8. The van der Waals surface area contributed by atoms with E-state index in [0.717, 1.165) is 18.7 Å². The van der Waals surface area contributed by atoms with Crippen molar-refractivity contribution in [2.45, 2.75) is 19.9 Å². The van der Waals surface area contributed by atoms with E-state index in [1.807, 2.05) is 30.3 Å². The van der Waals surface area contributed by atoms with Crippen LogP contribution < -0.4 is 4.72 Å². The maximum absolute atomic E-state index is 12.2. The Kier molecular flexibility index (Phi) is 10.1. The molecule has 0 radical (unpaired) electrons. The lowest BCUT2D eigenvalue weighted by atomic mass is 10.1. The molecule has 1 atom stereocenters. The van der Waals surface area contributed by atoms with E-state index in [4.69, 9.17) is 9.47 Å². The number of benzene rings is 1. The minimum absolute atomic E-state index is 0.0189. The van der Waals surface area contributed by atoms with Gasteiger partial charge >= 0.3 is 0 Å². The number of sulfonamides is 1. The van der Waals surface area contributed by atoms with Crippen molar-refractivity contribution in [2.24, 2.45) is 0 Å². The van der Waals surface area contributed by atoms with E-state index in [-0.39, 0.29) is 18.4 Å². The van der Waals surface area contributed by atoms with Crippen molar-refractivity contribution in [3.8, 4) is 0 Å². The van der Waals surface area contributed by atoms with Crippen LogP contribution in [0.2, 0.25) is 0 Å². The van der Waals surface area contributed by atoms with Crippen molar-refractivity contribution in [1.82, 2.24) is 9.62 Å². The zero-order valence-electron chi connectivity index (χ0n) is 14.9. The lowest BCUT2D eigenvalue weighted by molar-refractivity contribution is 0.0784. The monoisotopic (exact) mass is 358 g/mol. The zero-order valence-corrected chi connectivity index (χ0v) is 15.7. The van der Waals surface area contributed by atoms with Gasteiger partial charge in [0, 0.05) is 19.7 Å². The van der Waals surface area contributed by atoms with Crippen molar-refractivity contribution in [3.63, 3.8) is 0 Å². The van der Waals surface area contributed by atoms with Gasteiger partial charge in [-0.1, -0.05) is 44.2 Å². The lowest BCUT2D eigenvalue weighted by Gasteiger charge is -2.30. The number of methoxy groups -OCH3 is 1. The number of rotatable bonds is 13. The Balaban J connectivity index is 2.60. The van der Waals surface area contributed by atoms with Gasteiger partial charge in [-0.15, -0.1) is 0 Å². The first-order valence-corrected chi connectivity index (χ1v) is 10.0. The molecule has 0 aliphatic heterocycles. The maximum Gasteiger partial charge on any atom is 0.213 e. The van der Waals surface area contributed by atoms with E-state index < -0.39 is 10.0 Å². The quantitative estimate of drug-likeness (QED) is 0.543. The molecule has 7 heteroatoms. The summed E-state index contributed by atoms with van der Waals surface area (Å²) in [6.45, 7) is 7.26. The van der Waals surface area contributed by atoms with Crippen molar-refractivity contribution in [1.29, 1.82) is 0 Å². The van der Waals surface area contributed by atoms with E-state index in [9.17, 15) is 8.42 Å². The molecule has 0 aliphatic rings. The van der Waals surface area contributed by atoms with Crippen molar-refractivity contribution in [3.05, 3.63) is 35.9 Å². The molecule has 0 aliphatic carbocycles. The summed E-state index contributed by atoms with van der Waals surface area (Å²) in [6, 6.07) is 10.00. The van der Waals surface area contributed by atoms with E-state index in [2.05, 4.69) is 23.5 Å². The van der Waals surface area contributed by atoms with Gasteiger partial charge in [0.2, 0.25) is 10.0 Å². The Morgan fingerprint density at radius 1 is 1.08 bits per heavy atom. The summed E-state index contributed by atoms with van der Waals surface area (Å²) in [5, 5.41) is 0. The highest BCUT2D eigenvalue weighted by Gasteiger charge is 2.20. The van der Waals surface area contributed by atoms with Crippen LogP contribution in [0, 0.1) is 0 Å². The van der Waals surface area contributed by atoms with Gasteiger partial charge in [-0.2, -0.15) is 0 Å². The highest BCUT2D eigenvalue weighted by Crippen LogP contribution is 2.19. The number of nitrogens with zero attached hydrogens (tertiary/aromatic N) is 1. The third-order valence-corrected chi connectivity index (χ3v) is 5.17. The topological polar surface area (TPSA) is 67.9 Å². The van der Waals surface area contributed by atoms with Crippen LogP contribution in [0.25, 0.3) is 0 Å². The van der Waals surface area contributed by atoms with Crippen LogP contribution in [0.15, 0.2) is 30.3 Å². The molecule has 0 bridgehead atoms. The summed E-state index contributed by atoms with van der Waals surface area (Å²) in [6.07, 6.45) is 0. The van der Waals surface area contributed by atoms with Crippen LogP contribution in [0.5, 0.6) is 0 Å². The van der Waals surface area contributed by atoms with Gasteiger partial charge in [-0.3, -0.25) is 4.90 Å². The smallest absolute Gasteiger partial charge is 0.213 e. The van der Waals surface area contributed by atoms with Crippen molar-refractivity contribution < 1.29 is 17.9 Å². The lowest BCUT2D eigenvalue weighted by Crippen LogP contribution is -2.39. The fourth-order valence-corrected chi connectivity index (χ4v) is 3.38. The molecule has 0 spiro atoms. The van der Waals surface area contributed by atoms with E-state index >= 15 is 0 Å². The third-order valence-electron chi connectivity index (χ3n) is 3.86. The predicted octanol–water partition coefficient (Wildman–Crippen LogP) is 1.65. The second-order valence-electron chi connectivity index (χ2n) is 5.42. The largest absolute Gasteiger partial charge is 0.382 e. The minimum Gasteiger partial charge on any atom is -0.382 e. The minimum atomic E-state index is -3.36. The highest BCUT2D eigenvalue weighted by molar-refractivity contribution is 7.89. The molecule has 1 unspecified atom stereocenters. The van der Waals surface area contributed by atoms with Gasteiger partial charge in [-0.25, -0.2) is 13.1 Å². The number of ether oxygens (including phenoxy) is 2. The van der Waals surface area contributed by atoms with Gasteiger partial charge in [0.15, 0.2) is 0 Å². The Labute approximate surface area is 146 Å². The molecule has 0 saturated carbocycles. The Bertz CT molecular complexity index is 533. The SMILES string of the molecule is CCN(CC)C(CNS(=O)(=O)CCOCCOC)c1ccccc1. The molecule has 1 N–H and O–H groups in total. The molecule has 0 saturated heterocycles. The van der Waals surface area contributed by atoms with Crippen molar-refractivity contribution in [2.75, 3.05) is 52.3 Å². The molecule has 6 nitrogen and oxygen atoms in total. The number of nitrogens with one attached hydrogen (secondary N) is 1. The Morgan fingerprint density at radius 3 is 2.33 bits per heavy atom. The molecule has 1 aromatic rings. The standard InChI is InChI=1S/C17H30N2O4S/c1-4-19(5-2)17(16-9-7-6-8-10-16)15-18-24(20,21)14-13-23-12-11-22-3/h6-10,17-18H,4-5,11-15H2,1-3H3. The highest BCUT2D eigenvalue weighted by atomic mass is 32.2. The molecule has 138 valence electrons. The van der Waals surface area contributed by atoms with Gasteiger partial charge in [0.1, 0.15) is 0 Å². The summed E-state index contributed by atoms with van der Waals surface area (Å²) in [4.78, 5) is 2.24. The summed E-state index contributed by atoms with van der Waals surface area (Å²) in [5.74, 6) is -0.0452. The average molecular weight is 359 g/mol. The second kappa shape index (κ2) is 11.5. The van der Waals surface area contributed by atoms with E-state index in [1.165, 1.54) is 0 Å². The van der Waals surface area contributed by atoms with E-state index in [0.29, 0.717) is 19.8 Å². The van der Waals surface area contributed by atoms with Gasteiger partial charge in [0.25, 0.3) is 0 Å².